The van der Waals surface area contributed by atoms with Gasteiger partial charge in [0.1, 0.15) is 5.78 Å². The van der Waals surface area contributed by atoms with E-state index in [9.17, 15) is 9.90 Å². The van der Waals surface area contributed by atoms with Crippen LogP contribution in [0.25, 0.3) is 0 Å². The first-order valence-corrected chi connectivity index (χ1v) is 11.4. The van der Waals surface area contributed by atoms with Crippen LogP contribution in [0.5, 0.6) is 0 Å². The van der Waals surface area contributed by atoms with E-state index in [1.54, 1.807) is 0 Å². The number of carbonyl (C=O) groups excluding carboxylic acids is 1. The van der Waals surface area contributed by atoms with E-state index in [0.29, 0.717) is 18.1 Å². The van der Waals surface area contributed by atoms with Crippen molar-refractivity contribution >= 4 is 17.5 Å². The molecule has 2 saturated carbocycles. The second-order valence-corrected chi connectivity index (χ2v) is 10.2. The third-order valence-electron chi connectivity index (χ3n) is 7.46. The number of ketones is 1. The van der Waals surface area contributed by atoms with Crippen molar-refractivity contribution in [2.45, 2.75) is 50.9 Å². The molecule has 28 heavy (non-hydrogen) atoms. The third-order valence-corrected chi connectivity index (χ3v) is 8.99. The first-order chi connectivity index (χ1) is 13.4. The highest BCUT2D eigenvalue weighted by molar-refractivity contribution is 7.99. The number of hydrogen-bond donors (Lipinski definition) is 1. The van der Waals surface area contributed by atoms with Crippen molar-refractivity contribution < 1.29 is 9.90 Å². The molecule has 2 nitrogen and oxygen atoms in total. The average molecular weight is 395 g/mol. The van der Waals surface area contributed by atoms with E-state index >= 15 is 0 Å². The molecule has 2 aliphatic rings. The molecule has 2 aliphatic carbocycles. The number of fused-ring (bicyclic) bond motifs is 2. The van der Waals surface area contributed by atoms with Crippen LogP contribution in [0.1, 0.15) is 62.0 Å². The topological polar surface area (TPSA) is 37.3 Å². The molecular formula is C25H30O2S. The van der Waals surface area contributed by atoms with Gasteiger partial charge in [0.15, 0.2) is 0 Å². The smallest absolute Gasteiger partial charge is 0.140 e. The monoisotopic (exact) mass is 394 g/mol. The minimum atomic E-state index is -0.500. The van der Waals surface area contributed by atoms with Gasteiger partial charge in [0.05, 0.1) is 6.10 Å². The summed E-state index contributed by atoms with van der Waals surface area (Å²) in [6, 6.07) is 20.3. The Morgan fingerprint density at radius 1 is 1.04 bits per heavy atom. The standard InChI is InChI=1S/C25H30O2S/c1-24(2)20-13-14-25(24,23(27)15-20)17-28-22(19-11-7-4-8-12-19)16-21(26)18-9-5-3-6-10-18/h3-12,20-22,26H,13-17H2,1-2H3/t20-,21-,22-,25-/m1/s1. The number of aliphatic hydroxyl groups is 1. The molecule has 0 aliphatic heterocycles. The van der Waals surface area contributed by atoms with Gasteiger partial charge in [0, 0.05) is 22.8 Å². The Bertz CT molecular complexity index is 817. The zero-order chi connectivity index (χ0) is 19.8. The summed E-state index contributed by atoms with van der Waals surface area (Å²) in [4.78, 5) is 12.9. The quantitative estimate of drug-likeness (QED) is 0.628. The minimum absolute atomic E-state index is 0.0936. The van der Waals surface area contributed by atoms with Crippen molar-refractivity contribution in [2.24, 2.45) is 16.7 Å². The Hall–Kier alpha value is -1.58. The molecule has 148 valence electrons. The molecular weight excluding hydrogens is 364 g/mol. The molecule has 2 aromatic rings. The van der Waals surface area contributed by atoms with Gasteiger partial charge in [-0.25, -0.2) is 0 Å². The lowest BCUT2D eigenvalue weighted by Gasteiger charge is -2.37. The summed E-state index contributed by atoms with van der Waals surface area (Å²) in [5.74, 6) is 1.87. The summed E-state index contributed by atoms with van der Waals surface area (Å²) >= 11 is 1.87. The van der Waals surface area contributed by atoms with Gasteiger partial charge >= 0.3 is 0 Å². The predicted octanol–water partition coefficient (Wildman–Crippen LogP) is 5.98. The summed E-state index contributed by atoms with van der Waals surface area (Å²) in [5.41, 5.74) is 2.10. The van der Waals surface area contributed by atoms with E-state index in [-0.39, 0.29) is 16.1 Å². The third kappa shape index (κ3) is 3.33. The molecule has 2 aromatic carbocycles. The number of thioether (sulfide) groups is 1. The number of carbonyl (C=O) groups is 1. The molecule has 1 N–H and O–H groups in total. The van der Waals surface area contributed by atoms with E-state index in [0.717, 1.165) is 24.2 Å². The largest absolute Gasteiger partial charge is 0.388 e. The molecule has 0 saturated heterocycles. The highest BCUT2D eigenvalue weighted by Gasteiger charge is 2.63. The molecule has 0 aromatic heterocycles. The summed E-state index contributed by atoms with van der Waals surface area (Å²) < 4.78 is 0. The Morgan fingerprint density at radius 3 is 2.18 bits per heavy atom. The lowest BCUT2D eigenvalue weighted by molar-refractivity contribution is -0.127. The van der Waals surface area contributed by atoms with Crippen LogP contribution in [-0.2, 0) is 4.79 Å². The number of benzene rings is 2. The van der Waals surface area contributed by atoms with Crippen LogP contribution in [0, 0.1) is 16.7 Å². The fraction of sp³-hybridized carbons (Fsp3) is 0.480. The van der Waals surface area contributed by atoms with Gasteiger partial charge in [-0.3, -0.25) is 4.79 Å². The van der Waals surface area contributed by atoms with Gasteiger partial charge in [0.2, 0.25) is 0 Å². The molecule has 0 spiro atoms. The number of rotatable bonds is 7. The lowest BCUT2D eigenvalue weighted by atomic mass is 9.70. The SMILES string of the molecule is CC1(C)[C@@H]2CC[C@@]1(CS[C@H](C[C@@H](O)c1ccccc1)c1ccccc1)C(=O)C2. The second kappa shape index (κ2) is 7.68. The molecule has 4 rings (SSSR count). The first kappa shape index (κ1) is 19.7. The lowest BCUT2D eigenvalue weighted by Crippen LogP contribution is -2.38. The zero-order valence-electron chi connectivity index (χ0n) is 16.8. The average Bonchev–Trinajstić information content (AvgIpc) is 3.07. The summed E-state index contributed by atoms with van der Waals surface area (Å²) in [6.45, 7) is 4.60. The van der Waals surface area contributed by atoms with E-state index in [1.165, 1.54) is 12.0 Å². The summed E-state index contributed by atoms with van der Waals surface area (Å²) in [5, 5.41) is 11.0. The van der Waals surface area contributed by atoms with E-state index in [2.05, 4.69) is 38.1 Å². The van der Waals surface area contributed by atoms with Crippen LogP contribution in [0.3, 0.4) is 0 Å². The molecule has 3 heteroatoms. The molecule has 0 heterocycles. The summed E-state index contributed by atoms with van der Waals surface area (Å²) in [6.07, 6.45) is 3.13. The first-order valence-electron chi connectivity index (χ1n) is 10.4. The Morgan fingerprint density at radius 2 is 1.64 bits per heavy atom. The molecule has 4 atom stereocenters. The maximum Gasteiger partial charge on any atom is 0.140 e. The van der Waals surface area contributed by atoms with Crippen LogP contribution in [0.4, 0.5) is 0 Å². The van der Waals surface area contributed by atoms with Crippen molar-refractivity contribution in [1.29, 1.82) is 0 Å². The maximum atomic E-state index is 12.9. The van der Waals surface area contributed by atoms with E-state index < -0.39 is 6.10 Å². The second-order valence-electron chi connectivity index (χ2n) is 9.04. The van der Waals surface area contributed by atoms with E-state index in [1.807, 2.05) is 48.2 Å². The number of Topliss-reactive ketones (excluding diaryl/α,β-unsaturated/α-hetero) is 1. The van der Waals surface area contributed by atoms with Gasteiger partial charge < -0.3 is 5.11 Å². The highest BCUT2D eigenvalue weighted by Crippen LogP contribution is 2.65. The Balaban J connectivity index is 1.54. The molecule has 0 unspecified atom stereocenters. The molecule has 0 radical (unpaired) electrons. The van der Waals surface area contributed by atoms with Gasteiger partial charge in [-0.2, -0.15) is 11.8 Å². The van der Waals surface area contributed by atoms with Crippen molar-refractivity contribution in [3.05, 3.63) is 71.8 Å². The molecule has 2 fully saturated rings. The highest BCUT2D eigenvalue weighted by atomic mass is 32.2. The maximum absolute atomic E-state index is 12.9. The minimum Gasteiger partial charge on any atom is -0.388 e. The van der Waals surface area contributed by atoms with E-state index in [4.69, 9.17) is 0 Å². The van der Waals surface area contributed by atoms with Gasteiger partial charge in [0.25, 0.3) is 0 Å². The Kier molecular flexibility index (Phi) is 5.41. The van der Waals surface area contributed by atoms with Gasteiger partial charge in [-0.15, -0.1) is 0 Å². The normalized spacial score (nSPS) is 27.7. The molecule has 0 amide bonds. The number of hydrogen-bond acceptors (Lipinski definition) is 3. The van der Waals surface area contributed by atoms with Crippen LogP contribution in [0.2, 0.25) is 0 Å². The van der Waals surface area contributed by atoms with Crippen molar-refractivity contribution in [3.63, 3.8) is 0 Å². The Labute approximate surface area is 172 Å². The molecule has 2 bridgehead atoms. The van der Waals surface area contributed by atoms with Gasteiger partial charge in [-0.1, -0.05) is 74.5 Å². The van der Waals surface area contributed by atoms with Crippen LogP contribution >= 0.6 is 11.8 Å². The van der Waals surface area contributed by atoms with Crippen LogP contribution in [0.15, 0.2) is 60.7 Å². The number of aliphatic hydroxyl groups excluding tert-OH is 1. The van der Waals surface area contributed by atoms with Crippen molar-refractivity contribution in [2.75, 3.05) is 5.75 Å². The van der Waals surface area contributed by atoms with Crippen molar-refractivity contribution in [3.8, 4) is 0 Å². The predicted molar refractivity (Wildman–Crippen MR) is 116 cm³/mol. The van der Waals surface area contributed by atoms with Crippen LogP contribution in [-0.4, -0.2) is 16.6 Å². The fourth-order valence-electron chi connectivity index (χ4n) is 5.33. The summed E-state index contributed by atoms with van der Waals surface area (Å²) in [7, 11) is 0. The zero-order valence-corrected chi connectivity index (χ0v) is 17.6. The van der Waals surface area contributed by atoms with Crippen molar-refractivity contribution in [1.82, 2.24) is 0 Å². The van der Waals surface area contributed by atoms with Gasteiger partial charge in [-0.05, 0) is 41.7 Å². The fourth-order valence-corrected chi connectivity index (χ4v) is 7.16. The van der Waals surface area contributed by atoms with Crippen LogP contribution < -0.4 is 0 Å².